The Morgan fingerprint density at radius 3 is 2.86 bits per heavy atom. The molecule has 2 heterocycles. The number of aromatic carboxylic acids is 1. The zero-order valence-corrected chi connectivity index (χ0v) is 6.89. The van der Waals surface area contributed by atoms with E-state index in [0.717, 1.165) is 6.33 Å². The second-order valence-corrected chi connectivity index (χ2v) is 2.61. The molecule has 0 saturated carbocycles. The van der Waals surface area contributed by atoms with Crippen LogP contribution in [0.3, 0.4) is 0 Å². The van der Waals surface area contributed by atoms with Gasteiger partial charge >= 0.3 is 5.97 Å². The molecule has 70 valence electrons. The zero-order chi connectivity index (χ0) is 10.1. The SMILES string of the molecule is O=C(O)c1ncnc2[nH]c(=O)ccc12. The predicted molar refractivity (Wildman–Crippen MR) is 47.1 cm³/mol. The highest BCUT2D eigenvalue weighted by atomic mass is 16.4. The number of nitrogens with zero attached hydrogens (tertiary/aromatic N) is 2. The Morgan fingerprint density at radius 1 is 1.36 bits per heavy atom. The number of carbonyl (C=O) groups is 1. The molecule has 0 saturated heterocycles. The largest absolute Gasteiger partial charge is 0.476 e. The fourth-order valence-corrected chi connectivity index (χ4v) is 1.14. The molecule has 0 atom stereocenters. The van der Waals surface area contributed by atoms with Gasteiger partial charge in [0.05, 0.1) is 5.39 Å². The van der Waals surface area contributed by atoms with E-state index in [2.05, 4.69) is 15.0 Å². The van der Waals surface area contributed by atoms with Crippen LogP contribution in [-0.2, 0) is 0 Å². The van der Waals surface area contributed by atoms with Gasteiger partial charge in [0.15, 0.2) is 5.69 Å². The highest BCUT2D eigenvalue weighted by Crippen LogP contribution is 2.09. The molecule has 0 aromatic carbocycles. The first-order chi connectivity index (χ1) is 6.68. The first kappa shape index (κ1) is 8.36. The molecule has 0 aliphatic rings. The molecule has 0 aliphatic carbocycles. The number of aromatic amines is 1. The van der Waals surface area contributed by atoms with Crippen LogP contribution >= 0.6 is 0 Å². The van der Waals surface area contributed by atoms with Gasteiger partial charge in [-0.25, -0.2) is 14.8 Å². The summed E-state index contributed by atoms with van der Waals surface area (Å²) in [4.78, 5) is 31.4. The lowest BCUT2D eigenvalue weighted by molar-refractivity contribution is 0.0692. The van der Waals surface area contributed by atoms with Crippen molar-refractivity contribution in [1.29, 1.82) is 0 Å². The number of pyridine rings is 1. The summed E-state index contributed by atoms with van der Waals surface area (Å²) in [5, 5.41) is 9.09. The average Bonchev–Trinajstić information content (AvgIpc) is 2.16. The van der Waals surface area contributed by atoms with Crippen LogP contribution in [-0.4, -0.2) is 26.0 Å². The highest BCUT2D eigenvalue weighted by molar-refractivity contribution is 5.99. The van der Waals surface area contributed by atoms with Crippen molar-refractivity contribution in [1.82, 2.24) is 15.0 Å². The Hall–Kier alpha value is -2.24. The van der Waals surface area contributed by atoms with E-state index >= 15 is 0 Å². The normalized spacial score (nSPS) is 10.3. The molecule has 0 radical (unpaired) electrons. The molecule has 0 aliphatic heterocycles. The molecule has 0 unspecified atom stereocenters. The molecule has 0 amide bonds. The summed E-state index contributed by atoms with van der Waals surface area (Å²) in [5.41, 5.74) is -0.219. The molecule has 2 aromatic rings. The van der Waals surface area contributed by atoms with E-state index in [4.69, 9.17) is 5.11 Å². The molecular formula is C8H5N3O3. The third-order valence-electron chi connectivity index (χ3n) is 1.73. The first-order valence-corrected chi connectivity index (χ1v) is 3.76. The number of rotatable bonds is 1. The molecule has 2 rings (SSSR count). The Bertz CT molecular complexity index is 561. The lowest BCUT2D eigenvalue weighted by Gasteiger charge is -1.98. The summed E-state index contributed by atoms with van der Waals surface area (Å²) >= 11 is 0. The highest BCUT2D eigenvalue weighted by Gasteiger charge is 2.10. The quantitative estimate of drug-likeness (QED) is 0.662. The predicted octanol–water partition coefficient (Wildman–Crippen LogP) is 0.0163. The van der Waals surface area contributed by atoms with Gasteiger partial charge in [-0.3, -0.25) is 4.79 Å². The summed E-state index contributed by atoms with van der Waals surface area (Å²) in [6, 6.07) is 2.62. The minimum Gasteiger partial charge on any atom is -0.476 e. The Balaban J connectivity index is 2.88. The van der Waals surface area contributed by atoms with Gasteiger partial charge in [0, 0.05) is 6.07 Å². The molecule has 0 bridgehead atoms. The second kappa shape index (κ2) is 2.91. The maximum absolute atomic E-state index is 10.9. The maximum atomic E-state index is 10.9. The van der Waals surface area contributed by atoms with E-state index in [1.807, 2.05) is 0 Å². The van der Waals surface area contributed by atoms with E-state index in [0.29, 0.717) is 5.39 Å². The number of hydrogen-bond acceptors (Lipinski definition) is 4. The van der Waals surface area contributed by atoms with Gasteiger partial charge in [0.2, 0.25) is 5.56 Å². The monoisotopic (exact) mass is 191 g/mol. The smallest absolute Gasteiger partial charge is 0.355 e. The Morgan fingerprint density at radius 2 is 2.14 bits per heavy atom. The molecular weight excluding hydrogens is 186 g/mol. The number of carboxylic acids is 1. The van der Waals surface area contributed by atoms with Crippen LogP contribution in [0.1, 0.15) is 10.5 Å². The fraction of sp³-hybridized carbons (Fsp3) is 0. The van der Waals surface area contributed by atoms with Gasteiger partial charge in [-0.15, -0.1) is 0 Å². The molecule has 14 heavy (non-hydrogen) atoms. The van der Waals surface area contributed by atoms with Gasteiger partial charge in [-0.05, 0) is 6.07 Å². The summed E-state index contributed by atoms with van der Waals surface area (Å²) in [6.07, 6.45) is 1.10. The van der Waals surface area contributed by atoms with Crippen LogP contribution in [0.5, 0.6) is 0 Å². The van der Waals surface area contributed by atoms with E-state index in [1.54, 1.807) is 0 Å². The van der Waals surface area contributed by atoms with E-state index in [9.17, 15) is 9.59 Å². The lowest BCUT2D eigenvalue weighted by atomic mass is 10.2. The third kappa shape index (κ3) is 1.22. The first-order valence-electron chi connectivity index (χ1n) is 3.76. The lowest BCUT2D eigenvalue weighted by Crippen LogP contribution is -2.08. The minimum atomic E-state index is -1.15. The molecule has 2 aromatic heterocycles. The summed E-state index contributed by atoms with van der Waals surface area (Å²) in [5.74, 6) is -1.15. The molecule has 6 heteroatoms. The van der Waals surface area contributed by atoms with Crippen molar-refractivity contribution in [2.45, 2.75) is 0 Å². The standard InChI is InChI=1S/C8H5N3O3/c12-5-2-1-4-6(8(13)14)9-3-10-7(4)11-5/h1-3H,(H,13,14)(H,9,10,11,12). The number of carboxylic acid groups (broad SMARTS) is 1. The average molecular weight is 191 g/mol. The molecule has 2 N–H and O–H groups in total. The number of aromatic nitrogens is 3. The summed E-state index contributed by atoms with van der Waals surface area (Å²) in [7, 11) is 0. The van der Waals surface area contributed by atoms with Crippen LogP contribution < -0.4 is 5.56 Å². The number of hydrogen-bond donors (Lipinski definition) is 2. The van der Waals surface area contributed by atoms with E-state index < -0.39 is 5.97 Å². The fourth-order valence-electron chi connectivity index (χ4n) is 1.14. The minimum absolute atomic E-state index is 0.119. The van der Waals surface area contributed by atoms with Crippen LogP contribution in [0.15, 0.2) is 23.3 Å². The van der Waals surface area contributed by atoms with Crippen LogP contribution in [0.4, 0.5) is 0 Å². The number of fused-ring (bicyclic) bond motifs is 1. The van der Waals surface area contributed by atoms with Crippen molar-refractivity contribution in [3.05, 3.63) is 34.5 Å². The van der Waals surface area contributed by atoms with Gasteiger partial charge in [-0.2, -0.15) is 0 Å². The number of nitrogens with one attached hydrogen (secondary N) is 1. The van der Waals surface area contributed by atoms with Crippen molar-refractivity contribution in [3.8, 4) is 0 Å². The molecule has 6 nitrogen and oxygen atoms in total. The summed E-state index contributed by atoms with van der Waals surface area (Å²) < 4.78 is 0. The molecule has 0 spiro atoms. The third-order valence-corrected chi connectivity index (χ3v) is 1.73. The summed E-state index contributed by atoms with van der Waals surface area (Å²) in [6.45, 7) is 0. The number of H-pyrrole nitrogens is 1. The van der Waals surface area contributed by atoms with Gasteiger partial charge < -0.3 is 10.1 Å². The topological polar surface area (TPSA) is 95.9 Å². The second-order valence-electron chi connectivity index (χ2n) is 2.61. The molecule has 0 fully saturated rings. The Kier molecular flexibility index (Phi) is 1.74. The van der Waals surface area contributed by atoms with Crippen LogP contribution in [0, 0.1) is 0 Å². The van der Waals surface area contributed by atoms with Gasteiger partial charge in [0.25, 0.3) is 0 Å². The van der Waals surface area contributed by atoms with E-state index in [-0.39, 0.29) is 16.9 Å². The van der Waals surface area contributed by atoms with Crippen molar-refractivity contribution >= 4 is 17.0 Å². The van der Waals surface area contributed by atoms with Crippen molar-refractivity contribution in [2.24, 2.45) is 0 Å². The van der Waals surface area contributed by atoms with Crippen molar-refractivity contribution in [3.63, 3.8) is 0 Å². The Labute approximate surface area is 77.3 Å². The van der Waals surface area contributed by atoms with Gasteiger partial charge in [-0.1, -0.05) is 0 Å². The van der Waals surface area contributed by atoms with Crippen LogP contribution in [0.2, 0.25) is 0 Å². The van der Waals surface area contributed by atoms with E-state index in [1.165, 1.54) is 12.1 Å². The van der Waals surface area contributed by atoms with Crippen molar-refractivity contribution < 1.29 is 9.90 Å². The maximum Gasteiger partial charge on any atom is 0.355 e. The van der Waals surface area contributed by atoms with Gasteiger partial charge in [0.1, 0.15) is 12.0 Å². The zero-order valence-electron chi connectivity index (χ0n) is 6.89. The van der Waals surface area contributed by atoms with Crippen LogP contribution in [0.25, 0.3) is 11.0 Å². The van der Waals surface area contributed by atoms with Crippen molar-refractivity contribution in [2.75, 3.05) is 0 Å².